The van der Waals surface area contributed by atoms with Crippen molar-refractivity contribution in [2.75, 3.05) is 19.6 Å². The molecule has 5 nitrogen and oxygen atoms in total. The molecule has 5 atom stereocenters. The molecule has 0 bridgehead atoms. The summed E-state index contributed by atoms with van der Waals surface area (Å²) in [6.07, 6.45) is 3.60. The third kappa shape index (κ3) is 2.14. The zero-order chi connectivity index (χ0) is 13.6. The van der Waals surface area contributed by atoms with Crippen LogP contribution in [0.5, 0.6) is 0 Å². The number of likely N-dealkylation sites (tertiary alicyclic amines) is 1. The number of aliphatic carboxylic acids is 1. The minimum absolute atomic E-state index is 0.0576. The molecule has 2 heterocycles. The van der Waals surface area contributed by atoms with E-state index in [0.717, 1.165) is 13.0 Å². The quantitative estimate of drug-likeness (QED) is 0.766. The van der Waals surface area contributed by atoms with Crippen molar-refractivity contribution in [1.29, 1.82) is 0 Å². The molecule has 3 rings (SSSR count). The first kappa shape index (κ1) is 12.9. The van der Waals surface area contributed by atoms with E-state index in [0.29, 0.717) is 24.9 Å². The SMILES string of the molecule is C[C@@H]1CN(C(=O)C2NCC3CCCC32)C[C@H]1C(=O)O. The van der Waals surface area contributed by atoms with Crippen LogP contribution < -0.4 is 5.32 Å². The lowest BCUT2D eigenvalue weighted by molar-refractivity contribution is -0.142. The summed E-state index contributed by atoms with van der Waals surface area (Å²) in [4.78, 5) is 25.5. The van der Waals surface area contributed by atoms with E-state index < -0.39 is 11.9 Å². The Kier molecular flexibility index (Phi) is 3.25. The average molecular weight is 266 g/mol. The zero-order valence-electron chi connectivity index (χ0n) is 11.3. The van der Waals surface area contributed by atoms with E-state index in [-0.39, 0.29) is 17.9 Å². The number of carbonyl (C=O) groups excluding carboxylic acids is 1. The maximum absolute atomic E-state index is 12.6. The van der Waals surface area contributed by atoms with Crippen molar-refractivity contribution in [3.05, 3.63) is 0 Å². The number of rotatable bonds is 2. The van der Waals surface area contributed by atoms with E-state index in [1.807, 2.05) is 6.92 Å². The molecule has 0 aromatic rings. The van der Waals surface area contributed by atoms with Crippen molar-refractivity contribution >= 4 is 11.9 Å². The van der Waals surface area contributed by atoms with Crippen LogP contribution in [0.1, 0.15) is 26.2 Å². The molecule has 3 aliphatic rings. The van der Waals surface area contributed by atoms with Gasteiger partial charge in [-0.15, -0.1) is 0 Å². The van der Waals surface area contributed by atoms with Crippen molar-refractivity contribution in [2.45, 2.75) is 32.2 Å². The summed E-state index contributed by atoms with van der Waals surface area (Å²) in [5.41, 5.74) is 0. The Balaban J connectivity index is 1.67. The fourth-order valence-corrected chi connectivity index (χ4v) is 4.12. The van der Waals surface area contributed by atoms with Gasteiger partial charge in [-0.25, -0.2) is 0 Å². The summed E-state index contributed by atoms with van der Waals surface area (Å²) in [6.45, 7) is 3.84. The van der Waals surface area contributed by atoms with Crippen LogP contribution in [0, 0.1) is 23.7 Å². The lowest BCUT2D eigenvalue weighted by atomic mass is 9.93. The van der Waals surface area contributed by atoms with Gasteiger partial charge in [0.15, 0.2) is 0 Å². The van der Waals surface area contributed by atoms with E-state index in [1.54, 1.807) is 4.90 Å². The van der Waals surface area contributed by atoms with Gasteiger partial charge in [0.25, 0.3) is 0 Å². The maximum Gasteiger partial charge on any atom is 0.308 e. The van der Waals surface area contributed by atoms with Gasteiger partial charge in [-0.05, 0) is 37.1 Å². The van der Waals surface area contributed by atoms with Gasteiger partial charge in [-0.1, -0.05) is 13.3 Å². The number of nitrogens with zero attached hydrogens (tertiary/aromatic N) is 1. The van der Waals surface area contributed by atoms with Crippen LogP contribution in [0.3, 0.4) is 0 Å². The Hall–Kier alpha value is -1.10. The Morgan fingerprint density at radius 1 is 1.26 bits per heavy atom. The Bertz CT molecular complexity index is 398. The van der Waals surface area contributed by atoms with Gasteiger partial charge in [-0.2, -0.15) is 0 Å². The molecule has 19 heavy (non-hydrogen) atoms. The Morgan fingerprint density at radius 2 is 2.05 bits per heavy atom. The summed E-state index contributed by atoms with van der Waals surface area (Å²) in [6, 6.07) is -0.0627. The van der Waals surface area contributed by atoms with Gasteiger partial charge < -0.3 is 15.3 Å². The molecular weight excluding hydrogens is 244 g/mol. The van der Waals surface area contributed by atoms with Crippen LogP contribution >= 0.6 is 0 Å². The molecular formula is C14H22N2O3. The molecule has 0 radical (unpaired) electrons. The number of amides is 1. The minimum atomic E-state index is -0.777. The second-order valence-electron chi connectivity index (χ2n) is 6.41. The number of carbonyl (C=O) groups is 2. The molecule has 3 fully saturated rings. The van der Waals surface area contributed by atoms with Gasteiger partial charge in [0.1, 0.15) is 0 Å². The number of carboxylic acids is 1. The highest BCUT2D eigenvalue weighted by molar-refractivity contribution is 5.84. The second-order valence-corrected chi connectivity index (χ2v) is 6.41. The average Bonchev–Trinajstić information content (AvgIpc) is 3.00. The second kappa shape index (κ2) is 4.78. The summed E-state index contributed by atoms with van der Waals surface area (Å²) < 4.78 is 0. The van der Waals surface area contributed by atoms with E-state index in [4.69, 9.17) is 5.11 Å². The molecule has 1 aliphatic carbocycles. The summed E-state index contributed by atoms with van der Waals surface area (Å²) in [7, 11) is 0. The predicted octanol–water partition coefficient (Wildman–Crippen LogP) is 0.554. The van der Waals surface area contributed by atoms with Gasteiger partial charge in [-0.3, -0.25) is 9.59 Å². The number of hydrogen-bond acceptors (Lipinski definition) is 3. The third-order valence-electron chi connectivity index (χ3n) is 5.25. The fourth-order valence-electron chi connectivity index (χ4n) is 4.12. The van der Waals surface area contributed by atoms with Crippen LogP contribution in [0.2, 0.25) is 0 Å². The van der Waals surface area contributed by atoms with E-state index in [9.17, 15) is 9.59 Å². The lowest BCUT2D eigenvalue weighted by Gasteiger charge is -2.24. The number of carboxylic acid groups (broad SMARTS) is 1. The highest BCUT2D eigenvalue weighted by Gasteiger charge is 2.46. The molecule has 1 amide bonds. The summed E-state index contributed by atoms with van der Waals surface area (Å²) in [5.74, 6) is 0.147. The molecule has 2 N–H and O–H groups in total. The summed E-state index contributed by atoms with van der Waals surface area (Å²) >= 11 is 0. The Morgan fingerprint density at radius 3 is 2.74 bits per heavy atom. The van der Waals surface area contributed by atoms with Crippen molar-refractivity contribution in [1.82, 2.24) is 10.2 Å². The van der Waals surface area contributed by atoms with Crippen molar-refractivity contribution in [3.63, 3.8) is 0 Å². The number of fused-ring (bicyclic) bond motifs is 1. The standard InChI is InChI=1S/C14H22N2O3/c1-8-6-16(7-11(8)14(18)19)13(17)12-10-4-2-3-9(10)5-15-12/h8-12,15H,2-7H2,1H3,(H,18,19)/t8-,9?,10?,11-,12?/m1/s1. The first-order valence-electron chi connectivity index (χ1n) is 7.33. The first-order valence-corrected chi connectivity index (χ1v) is 7.33. The highest BCUT2D eigenvalue weighted by atomic mass is 16.4. The maximum atomic E-state index is 12.6. The van der Waals surface area contributed by atoms with Crippen LogP contribution in [-0.4, -0.2) is 47.6 Å². The van der Waals surface area contributed by atoms with E-state index in [2.05, 4.69) is 5.32 Å². The first-order chi connectivity index (χ1) is 9.08. The zero-order valence-corrected chi connectivity index (χ0v) is 11.3. The van der Waals surface area contributed by atoms with E-state index >= 15 is 0 Å². The van der Waals surface area contributed by atoms with Gasteiger partial charge in [0.05, 0.1) is 12.0 Å². The van der Waals surface area contributed by atoms with Crippen LogP contribution in [0.25, 0.3) is 0 Å². The highest BCUT2D eigenvalue weighted by Crippen LogP contribution is 2.38. The van der Waals surface area contributed by atoms with Gasteiger partial charge >= 0.3 is 5.97 Å². The summed E-state index contributed by atoms with van der Waals surface area (Å²) in [5, 5.41) is 12.5. The topological polar surface area (TPSA) is 69.6 Å². The van der Waals surface area contributed by atoms with Crippen molar-refractivity contribution < 1.29 is 14.7 Å². The molecule has 3 unspecified atom stereocenters. The largest absolute Gasteiger partial charge is 0.481 e. The van der Waals surface area contributed by atoms with Gasteiger partial charge in [0.2, 0.25) is 5.91 Å². The van der Waals surface area contributed by atoms with Gasteiger partial charge in [0, 0.05) is 13.1 Å². The van der Waals surface area contributed by atoms with Crippen molar-refractivity contribution in [3.8, 4) is 0 Å². The normalized spacial score (nSPS) is 41.5. The fraction of sp³-hybridized carbons (Fsp3) is 0.857. The molecule has 1 saturated carbocycles. The molecule has 0 spiro atoms. The van der Waals surface area contributed by atoms with Crippen LogP contribution in [0.4, 0.5) is 0 Å². The smallest absolute Gasteiger partial charge is 0.308 e. The van der Waals surface area contributed by atoms with Crippen LogP contribution in [-0.2, 0) is 9.59 Å². The minimum Gasteiger partial charge on any atom is -0.481 e. The molecule has 0 aromatic heterocycles. The monoisotopic (exact) mass is 266 g/mol. The molecule has 106 valence electrons. The van der Waals surface area contributed by atoms with Crippen LogP contribution in [0.15, 0.2) is 0 Å². The Labute approximate surface area is 113 Å². The predicted molar refractivity (Wildman–Crippen MR) is 69.5 cm³/mol. The van der Waals surface area contributed by atoms with Crippen molar-refractivity contribution in [2.24, 2.45) is 23.7 Å². The van der Waals surface area contributed by atoms with E-state index in [1.165, 1.54) is 12.8 Å². The molecule has 2 aliphatic heterocycles. The third-order valence-corrected chi connectivity index (χ3v) is 5.25. The molecule has 0 aromatic carbocycles. The molecule has 5 heteroatoms. The number of hydrogen-bond donors (Lipinski definition) is 2. The lowest BCUT2D eigenvalue weighted by Crippen LogP contribution is -2.45. The number of nitrogens with one attached hydrogen (secondary N) is 1. The molecule has 2 saturated heterocycles.